The molecule has 0 radical (unpaired) electrons. The summed E-state index contributed by atoms with van der Waals surface area (Å²) in [6.45, 7) is 0. The maximum Gasteiger partial charge on any atom is 0.338 e. The lowest BCUT2D eigenvalue weighted by atomic mass is 9.82. The van der Waals surface area contributed by atoms with Gasteiger partial charge in [0.15, 0.2) is 0 Å². The molecule has 1 aromatic heterocycles. The molecule has 0 saturated carbocycles. The van der Waals surface area contributed by atoms with Crippen LogP contribution in [-0.2, 0) is 0 Å². The molecule has 0 bridgehead atoms. The lowest BCUT2D eigenvalue weighted by Gasteiger charge is -2.20. The first-order valence-corrected chi connectivity index (χ1v) is 18.4. The van der Waals surface area contributed by atoms with E-state index in [9.17, 15) is 4.79 Å². The molecule has 0 N–H and O–H groups in total. The fraction of sp³-hybridized carbons (Fsp3) is 0. The highest BCUT2D eigenvalue weighted by molar-refractivity contribution is 6.28. The normalized spacial score (nSPS) is 11.8. The molecule has 0 amide bonds. The van der Waals surface area contributed by atoms with Crippen LogP contribution < -0.4 is 5.69 Å². The number of fused-ring (bicyclic) bond motifs is 5. The van der Waals surface area contributed by atoms with Gasteiger partial charge in [-0.2, -0.15) is 0 Å². The molecule has 3 heteroatoms. The van der Waals surface area contributed by atoms with Crippen molar-refractivity contribution in [3.8, 4) is 67.0 Å². The zero-order valence-electron chi connectivity index (χ0n) is 29.3. The van der Waals surface area contributed by atoms with Gasteiger partial charge in [-0.05, 0) is 114 Å². The Hall–Kier alpha value is -7.23. The van der Waals surface area contributed by atoms with Crippen molar-refractivity contribution in [3.05, 3.63) is 205 Å². The summed E-state index contributed by atoms with van der Waals surface area (Å²) in [7, 11) is 0. The minimum absolute atomic E-state index is 0.0925. The molecule has 3 nitrogen and oxygen atoms in total. The Labute approximate surface area is 312 Å². The lowest BCUT2D eigenvalue weighted by molar-refractivity contribution is 0.931. The average molecular weight is 689 g/mol. The van der Waals surface area contributed by atoms with Crippen molar-refractivity contribution >= 4 is 32.6 Å². The number of benzene rings is 9. The summed E-state index contributed by atoms with van der Waals surface area (Å²) in [4.78, 5) is 14.2. The molecule has 1 aliphatic rings. The molecule has 252 valence electrons. The number of para-hydroxylation sites is 3. The average Bonchev–Trinajstić information content (AvgIpc) is 3.73. The van der Waals surface area contributed by atoms with Gasteiger partial charge >= 0.3 is 5.69 Å². The molecule has 11 rings (SSSR count). The Balaban J connectivity index is 1.18. The van der Waals surface area contributed by atoms with Crippen LogP contribution in [0.4, 0.5) is 0 Å². The van der Waals surface area contributed by atoms with Crippen LogP contribution in [0.3, 0.4) is 0 Å². The van der Waals surface area contributed by atoms with Gasteiger partial charge in [0.1, 0.15) is 0 Å². The third-order valence-electron chi connectivity index (χ3n) is 11.1. The second-order valence-electron chi connectivity index (χ2n) is 14.0. The number of imidazole rings is 1. The van der Waals surface area contributed by atoms with E-state index in [2.05, 4.69) is 140 Å². The minimum atomic E-state index is -0.0925. The highest BCUT2D eigenvalue weighted by Gasteiger charge is 2.31. The van der Waals surface area contributed by atoms with E-state index in [1.807, 2.05) is 59.2 Å². The molecule has 0 saturated heterocycles. The monoisotopic (exact) mass is 688 g/mol. The van der Waals surface area contributed by atoms with Gasteiger partial charge in [0, 0.05) is 0 Å². The highest BCUT2D eigenvalue weighted by atomic mass is 16.1. The number of nitrogens with zero attached hydrogens (tertiary/aromatic N) is 2. The summed E-state index contributed by atoms with van der Waals surface area (Å²) >= 11 is 0. The number of rotatable bonds is 5. The van der Waals surface area contributed by atoms with E-state index < -0.39 is 0 Å². The van der Waals surface area contributed by atoms with Gasteiger partial charge in [-0.15, -0.1) is 0 Å². The van der Waals surface area contributed by atoms with Gasteiger partial charge in [-0.25, -0.2) is 4.79 Å². The molecule has 0 atom stereocenters. The van der Waals surface area contributed by atoms with Crippen molar-refractivity contribution in [2.24, 2.45) is 0 Å². The summed E-state index contributed by atoms with van der Waals surface area (Å²) in [6.07, 6.45) is 0. The smallest absolute Gasteiger partial charge is 0.260 e. The van der Waals surface area contributed by atoms with Crippen LogP contribution in [0.1, 0.15) is 0 Å². The quantitative estimate of drug-likeness (QED) is 0.177. The number of hydrogen-bond donors (Lipinski definition) is 0. The van der Waals surface area contributed by atoms with Gasteiger partial charge in [0.05, 0.1) is 22.4 Å². The highest BCUT2D eigenvalue weighted by Crippen LogP contribution is 2.58. The Kier molecular flexibility index (Phi) is 6.70. The molecule has 0 spiro atoms. The molecular weight excluding hydrogens is 657 g/mol. The van der Waals surface area contributed by atoms with E-state index in [1.54, 1.807) is 4.57 Å². The first-order valence-electron chi connectivity index (χ1n) is 18.4. The molecule has 0 fully saturated rings. The van der Waals surface area contributed by atoms with E-state index >= 15 is 0 Å². The standard InChI is InChI=1S/C51H32N2O/c54-51-52(36-19-8-3-9-20-36)44-25-12-13-26-45(44)53(51)37-29-27-35(28-30-37)47-41-22-11-10-21-40(41)46(34-17-6-2-7-18-34)50-43-32-31-38(33-15-4-1-5-16-33)39-23-14-24-42(48(39)43)49(47)50/h1-32H. The Bertz CT molecular complexity index is 3140. The molecule has 0 aliphatic heterocycles. The summed E-state index contributed by atoms with van der Waals surface area (Å²) in [5, 5.41) is 4.97. The van der Waals surface area contributed by atoms with Crippen LogP contribution in [0.2, 0.25) is 0 Å². The molecule has 1 heterocycles. The number of hydrogen-bond acceptors (Lipinski definition) is 1. The fourth-order valence-corrected chi connectivity index (χ4v) is 8.88. The number of aromatic nitrogens is 2. The van der Waals surface area contributed by atoms with Crippen molar-refractivity contribution < 1.29 is 0 Å². The summed E-state index contributed by atoms with van der Waals surface area (Å²) in [5.74, 6) is 0. The predicted octanol–water partition coefficient (Wildman–Crippen LogP) is 12.7. The lowest BCUT2D eigenvalue weighted by Crippen LogP contribution is -2.22. The van der Waals surface area contributed by atoms with Crippen LogP contribution in [0.15, 0.2) is 199 Å². The predicted molar refractivity (Wildman–Crippen MR) is 225 cm³/mol. The van der Waals surface area contributed by atoms with Crippen LogP contribution in [0, 0.1) is 0 Å². The van der Waals surface area contributed by atoms with E-state index in [0.717, 1.165) is 28.0 Å². The molecule has 54 heavy (non-hydrogen) atoms. The van der Waals surface area contributed by atoms with Gasteiger partial charge < -0.3 is 0 Å². The largest absolute Gasteiger partial charge is 0.338 e. The maximum absolute atomic E-state index is 14.2. The van der Waals surface area contributed by atoms with Gasteiger partial charge in [0.2, 0.25) is 0 Å². The Morgan fingerprint density at radius 2 is 0.741 bits per heavy atom. The molecule has 9 aromatic carbocycles. The summed E-state index contributed by atoms with van der Waals surface area (Å²) in [6, 6.07) is 68.3. The van der Waals surface area contributed by atoms with Crippen molar-refractivity contribution in [2.45, 2.75) is 0 Å². The third kappa shape index (κ3) is 4.39. The Morgan fingerprint density at radius 1 is 0.296 bits per heavy atom. The first-order chi connectivity index (χ1) is 26.8. The van der Waals surface area contributed by atoms with E-state index in [0.29, 0.717) is 0 Å². The SMILES string of the molecule is O=c1n(-c2ccccc2)c2ccccc2n1-c1ccc(-c2c3c(c(-c4ccccc4)c4ccccc24)-c2ccc(-c4ccccc4)c4cccc-3c24)cc1. The minimum Gasteiger partial charge on any atom is -0.260 e. The van der Waals surface area contributed by atoms with Gasteiger partial charge in [0.25, 0.3) is 0 Å². The van der Waals surface area contributed by atoms with Crippen molar-refractivity contribution in [2.75, 3.05) is 0 Å². The van der Waals surface area contributed by atoms with Crippen molar-refractivity contribution in [1.29, 1.82) is 0 Å². The summed E-state index contributed by atoms with van der Waals surface area (Å²) < 4.78 is 3.63. The second-order valence-corrected chi connectivity index (χ2v) is 14.0. The van der Waals surface area contributed by atoms with Crippen molar-refractivity contribution in [1.82, 2.24) is 9.13 Å². The van der Waals surface area contributed by atoms with E-state index in [-0.39, 0.29) is 5.69 Å². The molecular formula is C51H32N2O. The fourth-order valence-electron chi connectivity index (χ4n) is 8.88. The van der Waals surface area contributed by atoms with Crippen LogP contribution >= 0.6 is 0 Å². The molecule has 1 aliphatic carbocycles. The van der Waals surface area contributed by atoms with Crippen molar-refractivity contribution in [3.63, 3.8) is 0 Å². The zero-order chi connectivity index (χ0) is 35.8. The maximum atomic E-state index is 14.2. The van der Waals surface area contributed by atoms with Crippen LogP contribution in [0.5, 0.6) is 0 Å². The van der Waals surface area contributed by atoms with Gasteiger partial charge in [-0.1, -0.05) is 158 Å². The van der Waals surface area contributed by atoms with Gasteiger partial charge in [-0.3, -0.25) is 9.13 Å². The topological polar surface area (TPSA) is 26.9 Å². The Morgan fingerprint density at radius 3 is 1.35 bits per heavy atom. The third-order valence-corrected chi connectivity index (χ3v) is 11.1. The van der Waals surface area contributed by atoms with E-state index in [4.69, 9.17) is 0 Å². The first kappa shape index (κ1) is 30.4. The van der Waals surface area contributed by atoms with Crippen LogP contribution in [0.25, 0.3) is 99.6 Å². The van der Waals surface area contributed by atoms with Crippen LogP contribution in [-0.4, -0.2) is 9.13 Å². The second kappa shape index (κ2) is 11.9. The van der Waals surface area contributed by atoms with E-state index in [1.165, 1.54) is 71.6 Å². The zero-order valence-corrected chi connectivity index (χ0v) is 29.3. The molecule has 0 unspecified atom stereocenters. The molecule has 10 aromatic rings. The summed E-state index contributed by atoms with van der Waals surface area (Å²) in [5.41, 5.74) is 15.6.